The SMILES string of the molecule is CNC(COC)Cc1ncnc2ccccc12. The number of ether oxygens (including phenoxy) is 1. The molecule has 0 aliphatic carbocycles. The molecule has 1 heterocycles. The van der Waals surface area contributed by atoms with Crippen LogP contribution in [-0.4, -0.2) is 36.8 Å². The van der Waals surface area contributed by atoms with E-state index in [4.69, 9.17) is 4.74 Å². The van der Waals surface area contributed by atoms with Crippen LogP contribution in [-0.2, 0) is 11.2 Å². The lowest BCUT2D eigenvalue weighted by molar-refractivity contribution is 0.169. The van der Waals surface area contributed by atoms with Gasteiger partial charge in [-0.2, -0.15) is 0 Å². The molecule has 0 saturated heterocycles. The number of rotatable bonds is 5. The number of benzene rings is 1. The van der Waals surface area contributed by atoms with Gasteiger partial charge in [-0.1, -0.05) is 18.2 Å². The first-order chi connectivity index (χ1) is 8.35. The Labute approximate surface area is 101 Å². The maximum Gasteiger partial charge on any atom is 0.116 e. The van der Waals surface area contributed by atoms with Crippen molar-refractivity contribution in [2.24, 2.45) is 0 Å². The van der Waals surface area contributed by atoms with Crippen molar-refractivity contribution in [1.82, 2.24) is 15.3 Å². The molecule has 0 aliphatic heterocycles. The van der Waals surface area contributed by atoms with Gasteiger partial charge >= 0.3 is 0 Å². The molecule has 0 spiro atoms. The van der Waals surface area contributed by atoms with Crippen LogP contribution >= 0.6 is 0 Å². The number of para-hydroxylation sites is 1. The van der Waals surface area contributed by atoms with E-state index >= 15 is 0 Å². The van der Waals surface area contributed by atoms with Crippen molar-refractivity contribution in [1.29, 1.82) is 0 Å². The Morgan fingerprint density at radius 1 is 1.29 bits per heavy atom. The summed E-state index contributed by atoms with van der Waals surface area (Å²) >= 11 is 0. The lowest BCUT2D eigenvalue weighted by Gasteiger charge is -2.15. The van der Waals surface area contributed by atoms with Gasteiger partial charge in [0.25, 0.3) is 0 Å². The monoisotopic (exact) mass is 231 g/mol. The highest BCUT2D eigenvalue weighted by molar-refractivity contribution is 5.80. The van der Waals surface area contributed by atoms with Crippen molar-refractivity contribution in [3.8, 4) is 0 Å². The van der Waals surface area contributed by atoms with Gasteiger partial charge in [0.2, 0.25) is 0 Å². The van der Waals surface area contributed by atoms with E-state index < -0.39 is 0 Å². The first-order valence-electron chi connectivity index (χ1n) is 5.70. The van der Waals surface area contributed by atoms with Crippen LogP contribution in [0.5, 0.6) is 0 Å². The van der Waals surface area contributed by atoms with E-state index in [2.05, 4.69) is 21.4 Å². The third-order valence-corrected chi connectivity index (χ3v) is 2.84. The van der Waals surface area contributed by atoms with Crippen LogP contribution in [0, 0.1) is 0 Å². The fourth-order valence-electron chi connectivity index (χ4n) is 1.90. The van der Waals surface area contributed by atoms with Crippen LogP contribution in [0.25, 0.3) is 10.9 Å². The van der Waals surface area contributed by atoms with Crippen LogP contribution in [0.4, 0.5) is 0 Å². The van der Waals surface area contributed by atoms with Crippen molar-refractivity contribution >= 4 is 10.9 Å². The Morgan fingerprint density at radius 3 is 2.88 bits per heavy atom. The van der Waals surface area contributed by atoms with Gasteiger partial charge in [-0.25, -0.2) is 9.97 Å². The maximum atomic E-state index is 5.17. The zero-order chi connectivity index (χ0) is 12.1. The lowest BCUT2D eigenvalue weighted by atomic mass is 10.1. The highest BCUT2D eigenvalue weighted by atomic mass is 16.5. The summed E-state index contributed by atoms with van der Waals surface area (Å²) in [6.45, 7) is 0.675. The minimum atomic E-state index is 0.276. The second-order valence-corrected chi connectivity index (χ2v) is 3.98. The van der Waals surface area contributed by atoms with E-state index in [1.165, 1.54) is 0 Å². The lowest BCUT2D eigenvalue weighted by Crippen LogP contribution is -2.32. The molecule has 0 fully saturated rings. The van der Waals surface area contributed by atoms with Gasteiger partial charge in [0.1, 0.15) is 6.33 Å². The predicted molar refractivity (Wildman–Crippen MR) is 68.0 cm³/mol. The first-order valence-corrected chi connectivity index (χ1v) is 5.70. The van der Waals surface area contributed by atoms with Crippen LogP contribution in [0.15, 0.2) is 30.6 Å². The second-order valence-electron chi connectivity index (χ2n) is 3.98. The van der Waals surface area contributed by atoms with Gasteiger partial charge in [-0.05, 0) is 13.1 Å². The van der Waals surface area contributed by atoms with Crippen molar-refractivity contribution < 1.29 is 4.74 Å². The number of methoxy groups -OCH3 is 1. The van der Waals surface area contributed by atoms with Crippen LogP contribution < -0.4 is 5.32 Å². The molecule has 0 aliphatic rings. The fraction of sp³-hybridized carbons (Fsp3) is 0.385. The van der Waals surface area contributed by atoms with E-state index in [1.807, 2.05) is 25.2 Å². The largest absolute Gasteiger partial charge is 0.383 e. The summed E-state index contributed by atoms with van der Waals surface area (Å²) < 4.78 is 5.17. The number of aromatic nitrogens is 2. The molecule has 1 atom stereocenters. The molecule has 1 N–H and O–H groups in total. The van der Waals surface area contributed by atoms with E-state index in [9.17, 15) is 0 Å². The average molecular weight is 231 g/mol. The molecule has 2 aromatic rings. The van der Waals surface area contributed by atoms with Gasteiger partial charge in [0.05, 0.1) is 17.8 Å². The summed E-state index contributed by atoms with van der Waals surface area (Å²) in [5.41, 5.74) is 2.05. The van der Waals surface area contributed by atoms with Gasteiger partial charge in [0.15, 0.2) is 0 Å². The average Bonchev–Trinajstić information content (AvgIpc) is 2.38. The quantitative estimate of drug-likeness (QED) is 0.845. The number of likely N-dealkylation sites (N-methyl/N-ethyl adjacent to an activating group) is 1. The first kappa shape index (κ1) is 12.0. The van der Waals surface area contributed by atoms with Crippen molar-refractivity contribution in [3.63, 3.8) is 0 Å². The highest BCUT2D eigenvalue weighted by Crippen LogP contribution is 2.15. The molecule has 1 unspecified atom stereocenters. The Morgan fingerprint density at radius 2 is 2.12 bits per heavy atom. The molecule has 0 radical (unpaired) electrons. The molecule has 2 rings (SSSR count). The summed E-state index contributed by atoms with van der Waals surface area (Å²) in [7, 11) is 3.65. The highest BCUT2D eigenvalue weighted by Gasteiger charge is 2.10. The fourth-order valence-corrected chi connectivity index (χ4v) is 1.90. The number of nitrogens with zero attached hydrogens (tertiary/aromatic N) is 2. The van der Waals surface area contributed by atoms with E-state index in [-0.39, 0.29) is 6.04 Å². The molecule has 1 aromatic heterocycles. The molecule has 1 aromatic carbocycles. The molecular formula is C13H17N3O. The second kappa shape index (κ2) is 5.70. The summed E-state index contributed by atoms with van der Waals surface area (Å²) in [6, 6.07) is 8.34. The predicted octanol–water partition coefficient (Wildman–Crippen LogP) is 1.41. The molecular weight excluding hydrogens is 214 g/mol. The third kappa shape index (κ3) is 2.78. The maximum absolute atomic E-state index is 5.17. The Hall–Kier alpha value is -1.52. The normalized spacial score (nSPS) is 12.8. The van der Waals surface area contributed by atoms with Crippen molar-refractivity contribution in [3.05, 3.63) is 36.3 Å². The Kier molecular flexibility index (Phi) is 4.01. The topological polar surface area (TPSA) is 47.0 Å². The number of hydrogen-bond donors (Lipinski definition) is 1. The molecule has 17 heavy (non-hydrogen) atoms. The standard InChI is InChI=1S/C13H17N3O/c1-14-10(8-17-2)7-13-11-5-3-4-6-12(11)15-9-16-13/h3-6,9-10,14H,7-8H2,1-2H3. The van der Waals surface area contributed by atoms with Gasteiger partial charge in [-0.3, -0.25) is 0 Å². The van der Waals surface area contributed by atoms with Crippen LogP contribution in [0.3, 0.4) is 0 Å². The third-order valence-electron chi connectivity index (χ3n) is 2.84. The molecule has 0 amide bonds. The zero-order valence-electron chi connectivity index (χ0n) is 10.2. The summed E-state index contributed by atoms with van der Waals surface area (Å²) in [5.74, 6) is 0. The summed E-state index contributed by atoms with van der Waals surface area (Å²) in [4.78, 5) is 8.63. The number of nitrogens with one attached hydrogen (secondary N) is 1. The van der Waals surface area contributed by atoms with Crippen molar-refractivity contribution in [2.75, 3.05) is 20.8 Å². The Bertz CT molecular complexity index is 482. The van der Waals surface area contributed by atoms with E-state index in [0.29, 0.717) is 6.61 Å². The van der Waals surface area contributed by atoms with Crippen LogP contribution in [0.1, 0.15) is 5.69 Å². The van der Waals surface area contributed by atoms with E-state index in [0.717, 1.165) is 23.0 Å². The molecule has 4 nitrogen and oxygen atoms in total. The summed E-state index contributed by atoms with van der Waals surface area (Å²) in [5, 5.41) is 4.35. The molecule has 0 bridgehead atoms. The molecule has 90 valence electrons. The molecule has 0 saturated carbocycles. The molecule has 4 heteroatoms. The minimum Gasteiger partial charge on any atom is -0.383 e. The Balaban J connectivity index is 2.28. The number of fused-ring (bicyclic) bond motifs is 1. The van der Waals surface area contributed by atoms with Crippen molar-refractivity contribution in [2.45, 2.75) is 12.5 Å². The van der Waals surface area contributed by atoms with Gasteiger partial charge in [0, 0.05) is 25.0 Å². The number of hydrogen-bond acceptors (Lipinski definition) is 4. The van der Waals surface area contributed by atoms with Gasteiger partial charge in [-0.15, -0.1) is 0 Å². The summed E-state index contributed by atoms with van der Waals surface area (Å²) in [6.07, 6.45) is 2.46. The van der Waals surface area contributed by atoms with Crippen LogP contribution in [0.2, 0.25) is 0 Å². The van der Waals surface area contributed by atoms with E-state index in [1.54, 1.807) is 13.4 Å². The zero-order valence-corrected chi connectivity index (χ0v) is 10.2. The minimum absolute atomic E-state index is 0.276. The van der Waals surface area contributed by atoms with Gasteiger partial charge < -0.3 is 10.1 Å². The smallest absolute Gasteiger partial charge is 0.116 e.